The zero-order valence-electron chi connectivity index (χ0n) is 12.1. The molecule has 5 heteroatoms. The summed E-state index contributed by atoms with van der Waals surface area (Å²) >= 11 is 0. The molecule has 0 unspecified atom stereocenters. The topological polar surface area (TPSA) is 64.6 Å². The molecule has 0 aliphatic heterocycles. The van der Waals surface area contributed by atoms with Gasteiger partial charge in [-0.25, -0.2) is 9.59 Å². The second-order valence-corrected chi connectivity index (χ2v) is 4.24. The van der Waals surface area contributed by atoms with Crippen molar-refractivity contribution in [3.63, 3.8) is 0 Å². The number of ether oxygens (including phenoxy) is 2. The third kappa shape index (κ3) is 4.66. The minimum Gasteiger partial charge on any atom is -0.464 e. The van der Waals surface area contributed by atoms with Gasteiger partial charge in [0.05, 0.1) is 13.2 Å². The third-order valence-electron chi connectivity index (χ3n) is 2.76. The standard InChI is InChI=1S/C15H21NO4/c1-4-19-14(17)13(15(18)20-5-2)16-11(3)12-9-7-6-8-10-12/h6-11,13,16H,4-5H2,1-3H3/t11-/m0/s1. The average molecular weight is 279 g/mol. The fraction of sp³-hybridized carbons (Fsp3) is 0.467. The van der Waals surface area contributed by atoms with Crippen LogP contribution >= 0.6 is 0 Å². The number of esters is 2. The molecule has 0 saturated carbocycles. The lowest BCUT2D eigenvalue weighted by Gasteiger charge is -2.20. The first-order valence-electron chi connectivity index (χ1n) is 6.74. The Kier molecular flexibility index (Phi) is 6.73. The van der Waals surface area contributed by atoms with Crippen molar-refractivity contribution in [1.82, 2.24) is 5.32 Å². The van der Waals surface area contributed by atoms with Crippen molar-refractivity contribution in [3.05, 3.63) is 35.9 Å². The molecule has 0 saturated heterocycles. The van der Waals surface area contributed by atoms with Crippen LogP contribution in [-0.4, -0.2) is 31.2 Å². The van der Waals surface area contributed by atoms with Gasteiger partial charge in [0.1, 0.15) is 0 Å². The first-order chi connectivity index (χ1) is 9.60. The van der Waals surface area contributed by atoms with Crippen LogP contribution < -0.4 is 5.32 Å². The summed E-state index contributed by atoms with van der Waals surface area (Å²) in [6.07, 6.45) is 0. The first kappa shape index (κ1) is 16.2. The molecule has 0 spiro atoms. The molecule has 0 aromatic heterocycles. The summed E-state index contributed by atoms with van der Waals surface area (Å²) < 4.78 is 9.81. The normalized spacial score (nSPS) is 12.0. The zero-order valence-corrected chi connectivity index (χ0v) is 12.1. The highest BCUT2D eigenvalue weighted by Gasteiger charge is 2.30. The summed E-state index contributed by atoms with van der Waals surface area (Å²) in [5.41, 5.74) is 0.978. The Morgan fingerprint density at radius 2 is 1.55 bits per heavy atom. The Morgan fingerprint density at radius 1 is 1.05 bits per heavy atom. The maximum atomic E-state index is 11.8. The Labute approximate surface area is 119 Å². The van der Waals surface area contributed by atoms with Crippen LogP contribution in [0, 0.1) is 0 Å². The predicted octanol–water partition coefficient (Wildman–Crippen LogP) is 1.83. The van der Waals surface area contributed by atoms with E-state index in [2.05, 4.69) is 5.32 Å². The van der Waals surface area contributed by atoms with E-state index in [1.54, 1.807) is 13.8 Å². The second-order valence-electron chi connectivity index (χ2n) is 4.24. The van der Waals surface area contributed by atoms with E-state index in [0.717, 1.165) is 5.56 Å². The molecule has 1 rings (SSSR count). The van der Waals surface area contributed by atoms with E-state index < -0.39 is 18.0 Å². The quantitative estimate of drug-likeness (QED) is 0.609. The molecule has 1 aromatic carbocycles. The molecule has 0 aliphatic rings. The molecule has 1 atom stereocenters. The van der Waals surface area contributed by atoms with Crippen LogP contribution in [0.5, 0.6) is 0 Å². The van der Waals surface area contributed by atoms with E-state index in [1.807, 2.05) is 37.3 Å². The monoisotopic (exact) mass is 279 g/mol. The van der Waals surface area contributed by atoms with Gasteiger partial charge in [-0.05, 0) is 26.3 Å². The van der Waals surface area contributed by atoms with E-state index in [0.29, 0.717) is 0 Å². The predicted molar refractivity (Wildman–Crippen MR) is 75.0 cm³/mol. The molecule has 1 aromatic rings. The van der Waals surface area contributed by atoms with Gasteiger partial charge in [-0.1, -0.05) is 30.3 Å². The van der Waals surface area contributed by atoms with Crippen LogP contribution in [0.25, 0.3) is 0 Å². The van der Waals surface area contributed by atoms with E-state index in [-0.39, 0.29) is 19.3 Å². The van der Waals surface area contributed by atoms with Gasteiger partial charge >= 0.3 is 11.9 Å². The highest BCUT2D eigenvalue weighted by molar-refractivity contribution is 5.99. The van der Waals surface area contributed by atoms with Crippen LogP contribution in [0.2, 0.25) is 0 Å². The van der Waals surface area contributed by atoms with Gasteiger partial charge in [0, 0.05) is 6.04 Å². The summed E-state index contributed by atoms with van der Waals surface area (Å²) in [7, 11) is 0. The Bertz CT molecular complexity index is 415. The SMILES string of the molecule is CCOC(=O)C(N[C@@H](C)c1ccccc1)C(=O)OCC. The zero-order chi connectivity index (χ0) is 15.0. The minimum atomic E-state index is -1.11. The smallest absolute Gasteiger partial charge is 0.334 e. The number of benzene rings is 1. The van der Waals surface area contributed by atoms with Crippen molar-refractivity contribution in [2.45, 2.75) is 32.9 Å². The van der Waals surface area contributed by atoms with Crippen LogP contribution in [0.4, 0.5) is 0 Å². The van der Waals surface area contributed by atoms with Gasteiger partial charge < -0.3 is 9.47 Å². The fourth-order valence-corrected chi connectivity index (χ4v) is 1.77. The molecule has 0 bridgehead atoms. The van der Waals surface area contributed by atoms with Gasteiger partial charge in [0.2, 0.25) is 6.04 Å². The Morgan fingerprint density at radius 3 is 2.00 bits per heavy atom. The molecular formula is C15H21NO4. The van der Waals surface area contributed by atoms with Gasteiger partial charge in [-0.3, -0.25) is 5.32 Å². The number of carbonyl (C=O) groups is 2. The molecule has 0 radical (unpaired) electrons. The third-order valence-corrected chi connectivity index (χ3v) is 2.76. The highest BCUT2D eigenvalue weighted by Crippen LogP contribution is 2.13. The Hall–Kier alpha value is -1.88. The van der Waals surface area contributed by atoms with Crippen LogP contribution in [-0.2, 0) is 19.1 Å². The molecule has 0 heterocycles. The van der Waals surface area contributed by atoms with Crippen molar-refractivity contribution in [3.8, 4) is 0 Å². The number of rotatable bonds is 7. The lowest BCUT2D eigenvalue weighted by atomic mass is 10.1. The summed E-state index contributed by atoms with van der Waals surface area (Å²) in [6.45, 7) is 5.70. The van der Waals surface area contributed by atoms with Gasteiger partial charge in [0.15, 0.2) is 0 Å². The van der Waals surface area contributed by atoms with Crippen molar-refractivity contribution in [2.24, 2.45) is 0 Å². The lowest BCUT2D eigenvalue weighted by Crippen LogP contribution is -2.46. The van der Waals surface area contributed by atoms with E-state index in [9.17, 15) is 9.59 Å². The second kappa shape index (κ2) is 8.32. The van der Waals surface area contributed by atoms with Crippen LogP contribution in [0.3, 0.4) is 0 Å². The average Bonchev–Trinajstić information content (AvgIpc) is 2.45. The van der Waals surface area contributed by atoms with E-state index in [1.165, 1.54) is 0 Å². The van der Waals surface area contributed by atoms with Crippen molar-refractivity contribution in [1.29, 1.82) is 0 Å². The Balaban J connectivity index is 2.78. The lowest BCUT2D eigenvalue weighted by molar-refractivity contribution is -0.158. The number of nitrogens with one attached hydrogen (secondary N) is 1. The first-order valence-corrected chi connectivity index (χ1v) is 6.74. The molecule has 20 heavy (non-hydrogen) atoms. The van der Waals surface area contributed by atoms with Crippen LogP contribution in [0.15, 0.2) is 30.3 Å². The van der Waals surface area contributed by atoms with Crippen molar-refractivity contribution in [2.75, 3.05) is 13.2 Å². The van der Waals surface area contributed by atoms with Crippen molar-refractivity contribution < 1.29 is 19.1 Å². The maximum absolute atomic E-state index is 11.8. The molecular weight excluding hydrogens is 258 g/mol. The largest absolute Gasteiger partial charge is 0.464 e. The van der Waals surface area contributed by atoms with Gasteiger partial charge in [0.25, 0.3) is 0 Å². The molecule has 0 amide bonds. The molecule has 5 nitrogen and oxygen atoms in total. The molecule has 0 aliphatic carbocycles. The summed E-state index contributed by atoms with van der Waals surface area (Å²) in [4.78, 5) is 23.7. The molecule has 0 fully saturated rings. The summed E-state index contributed by atoms with van der Waals surface area (Å²) in [6, 6.07) is 8.27. The van der Waals surface area contributed by atoms with E-state index in [4.69, 9.17) is 9.47 Å². The van der Waals surface area contributed by atoms with Crippen LogP contribution in [0.1, 0.15) is 32.4 Å². The number of hydrogen-bond donors (Lipinski definition) is 1. The van der Waals surface area contributed by atoms with Gasteiger partial charge in [-0.15, -0.1) is 0 Å². The fourth-order valence-electron chi connectivity index (χ4n) is 1.77. The van der Waals surface area contributed by atoms with E-state index >= 15 is 0 Å². The minimum absolute atomic E-state index is 0.171. The maximum Gasteiger partial charge on any atom is 0.334 e. The number of carbonyl (C=O) groups excluding carboxylic acids is 2. The van der Waals surface area contributed by atoms with Gasteiger partial charge in [-0.2, -0.15) is 0 Å². The molecule has 110 valence electrons. The summed E-state index contributed by atoms with van der Waals surface area (Å²) in [5.74, 6) is -1.23. The molecule has 1 N–H and O–H groups in total. The number of hydrogen-bond acceptors (Lipinski definition) is 5. The van der Waals surface area contributed by atoms with Crippen molar-refractivity contribution >= 4 is 11.9 Å². The summed E-state index contributed by atoms with van der Waals surface area (Å²) in [5, 5.41) is 2.95. The highest BCUT2D eigenvalue weighted by atomic mass is 16.6.